The van der Waals surface area contributed by atoms with Crippen molar-refractivity contribution in [2.45, 2.75) is 73.8 Å². The number of nitrogens with zero attached hydrogens (tertiary/aromatic N) is 3. The molecule has 0 N–H and O–H groups in total. The van der Waals surface area contributed by atoms with Gasteiger partial charge in [0.05, 0.1) is 13.7 Å². The highest BCUT2D eigenvalue weighted by Gasteiger charge is 2.31. The van der Waals surface area contributed by atoms with Gasteiger partial charge < -0.3 is 9.64 Å². The fourth-order valence-corrected chi connectivity index (χ4v) is 5.06. The molecule has 1 unspecified atom stereocenters. The second-order valence-electron chi connectivity index (χ2n) is 8.92. The van der Waals surface area contributed by atoms with Crippen molar-refractivity contribution >= 4 is 6.03 Å². The molecule has 0 saturated carbocycles. The number of rotatable bonds is 4. The van der Waals surface area contributed by atoms with Gasteiger partial charge >= 0.3 is 6.03 Å². The number of hydrogen-bond donors (Lipinski definition) is 0. The number of benzene rings is 1. The quantitative estimate of drug-likeness (QED) is 0.470. The van der Waals surface area contributed by atoms with Gasteiger partial charge in [-0.25, -0.2) is 4.79 Å². The lowest BCUT2D eigenvalue weighted by Crippen LogP contribution is -2.43. The van der Waals surface area contributed by atoms with Crippen molar-refractivity contribution in [1.82, 2.24) is 14.7 Å². The third kappa shape index (κ3) is 7.00. The smallest absolute Gasteiger partial charge is 0.324 e. The van der Waals surface area contributed by atoms with Crippen molar-refractivity contribution in [1.29, 1.82) is 0 Å². The van der Waals surface area contributed by atoms with E-state index in [1.165, 1.54) is 22.3 Å². The summed E-state index contributed by atoms with van der Waals surface area (Å²) in [5.74, 6) is 1.12. The van der Waals surface area contributed by atoms with Gasteiger partial charge in [-0.3, -0.25) is 9.80 Å². The Kier molecular flexibility index (Phi) is 11.6. The van der Waals surface area contributed by atoms with E-state index in [0.717, 1.165) is 57.0 Å². The first-order valence-electron chi connectivity index (χ1n) is 13.5. The largest absolute Gasteiger partial charge is 0.496 e. The predicted octanol–water partition coefficient (Wildman–Crippen LogP) is 6.89. The molecule has 3 aliphatic rings. The highest BCUT2D eigenvalue weighted by Crippen LogP contribution is 2.38. The van der Waals surface area contributed by atoms with Gasteiger partial charge in [-0.2, -0.15) is 0 Å². The van der Waals surface area contributed by atoms with E-state index < -0.39 is 0 Å². The first-order valence-corrected chi connectivity index (χ1v) is 13.5. The fourth-order valence-electron chi connectivity index (χ4n) is 5.06. The number of aryl methyl sites for hydroxylation is 1. The van der Waals surface area contributed by atoms with Crippen LogP contribution in [0.1, 0.15) is 77.0 Å². The molecule has 1 saturated heterocycles. The third-order valence-corrected chi connectivity index (χ3v) is 6.69. The molecule has 2 heterocycles. The second kappa shape index (κ2) is 14.1. The van der Waals surface area contributed by atoms with Crippen LogP contribution in [0, 0.1) is 6.92 Å². The highest BCUT2D eigenvalue weighted by atomic mass is 16.5. The van der Waals surface area contributed by atoms with Crippen LogP contribution >= 0.6 is 0 Å². The molecule has 2 aliphatic heterocycles. The van der Waals surface area contributed by atoms with Gasteiger partial charge in [-0.05, 0) is 37.5 Å². The predicted molar refractivity (Wildman–Crippen MR) is 148 cm³/mol. The van der Waals surface area contributed by atoms with Crippen LogP contribution in [-0.4, -0.2) is 60.6 Å². The number of carbonyl (C=O) groups excluding carboxylic acids is 1. The molecule has 2 amide bonds. The minimum absolute atomic E-state index is 0.123. The number of amides is 2. The van der Waals surface area contributed by atoms with Gasteiger partial charge in [-0.15, -0.1) is 0 Å². The van der Waals surface area contributed by atoms with Gasteiger partial charge in [0, 0.05) is 56.3 Å². The summed E-state index contributed by atoms with van der Waals surface area (Å²) in [5, 5.41) is 0. The average Bonchev–Trinajstić information content (AvgIpc) is 3.36. The molecule has 194 valence electrons. The van der Waals surface area contributed by atoms with E-state index in [1.54, 1.807) is 7.11 Å². The van der Waals surface area contributed by atoms with E-state index in [-0.39, 0.29) is 11.9 Å². The van der Waals surface area contributed by atoms with Crippen molar-refractivity contribution < 1.29 is 9.53 Å². The zero-order chi connectivity index (χ0) is 26.0. The molecule has 1 fully saturated rings. The normalized spacial score (nSPS) is 19.9. The third-order valence-electron chi connectivity index (χ3n) is 6.69. The summed E-state index contributed by atoms with van der Waals surface area (Å²) in [6, 6.07) is 4.44. The summed E-state index contributed by atoms with van der Waals surface area (Å²) in [6.07, 6.45) is 10.8. The Bertz CT molecular complexity index is 932. The van der Waals surface area contributed by atoms with Crippen LogP contribution in [0.25, 0.3) is 0 Å². The number of methoxy groups -OCH3 is 1. The van der Waals surface area contributed by atoms with Gasteiger partial charge in [0.15, 0.2) is 0 Å². The number of allylic oxidation sites excluding steroid dienone is 4. The van der Waals surface area contributed by atoms with Crippen molar-refractivity contribution in [2.75, 3.05) is 39.8 Å². The first-order chi connectivity index (χ1) is 17.0. The molecule has 1 atom stereocenters. The Morgan fingerprint density at radius 2 is 1.83 bits per heavy atom. The number of likely N-dealkylation sites (N-methyl/N-ethyl adjacent to an activating group) is 1. The fraction of sp³-hybridized carbons (Fsp3) is 0.567. The summed E-state index contributed by atoms with van der Waals surface area (Å²) in [7, 11) is 1.74. The lowest BCUT2D eigenvalue weighted by atomic mass is 9.93. The van der Waals surface area contributed by atoms with Crippen LogP contribution in [0.5, 0.6) is 5.75 Å². The van der Waals surface area contributed by atoms with Gasteiger partial charge in [0.2, 0.25) is 0 Å². The topological polar surface area (TPSA) is 36.0 Å². The maximum Gasteiger partial charge on any atom is 0.324 e. The molecule has 1 aromatic rings. The molecule has 5 nitrogen and oxygen atoms in total. The van der Waals surface area contributed by atoms with E-state index >= 15 is 0 Å². The van der Waals surface area contributed by atoms with E-state index in [1.807, 2.05) is 37.5 Å². The monoisotopic (exact) mass is 481 g/mol. The molecule has 0 bridgehead atoms. The lowest BCUT2D eigenvalue weighted by molar-refractivity contribution is 0.163. The Morgan fingerprint density at radius 3 is 2.46 bits per heavy atom. The van der Waals surface area contributed by atoms with E-state index in [0.29, 0.717) is 6.54 Å². The molecular formula is C30H47N3O2. The summed E-state index contributed by atoms with van der Waals surface area (Å²) in [4.78, 5) is 20.1. The van der Waals surface area contributed by atoms with Crippen molar-refractivity contribution in [2.24, 2.45) is 0 Å². The molecular weight excluding hydrogens is 434 g/mol. The van der Waals surface area contributed by atoms with Gasteiger partial charge in [0.1, 0.15) is 5.75 Å². The summed E-state index contributed by atoms with van der Waals surface area (Å²) in [6.45, 7) is 19.3. The number of hydrogen-bond acceptors (Lipinski definition) is 3. The molecule has 1 aromatic carbocycles. The summed E-state index contributed by atoms with van der Waals surface area (Å²) < 4.78 is 5.74. The van der Waals surface area contributed by atoms with E-state index in [4.69, 9.17) is 4.74 Å². The zero-order valence-electron chi connectivity index (χ0n) is 23.4. The molecule has 1 aliphatic carbocycles. The molecule has 0 radical (unpaired) electrons. The van der Waals surface area contributed by atoms with Crippen LogP contribution in [0.3, 0.4) is 0 Å². The van der Waals surface area contributed by atoms with Crippen molar-refractivity contribution in [3.63, 3.8) is 0 Å². The molecule has 0 spiro atoms. The van der Waals surface area contributed by atoms with Crippen molar-refractivity contribution in [3.05, 3.63) is 64.4 Å². The SMILES string of the molecule is CC.CC.CCN1CCN(CC2=CC=CC2)CCC2=CC(C)c3c(cc(C)cc3OC)CN2C1=O. The van der Waals surface area contributed by atoms with Crippen LogP contribution in [0.15, 0.2) is 47.7 Å². The van der Waals surface area contributed by atoms with Crippen LogP contribution in [-0.2, 0) is 6.54 Å². The number of urea groups is 1. The average molecular weight is 482 g/mol. The Morgan fingerprint density at radius 1 is 1.09 bits per heavy atom. The Hall–Kier alpha value is -2.53. The summed E-state index contributed by atoms with van der Waals surface area (Å²) >= 11 is 0. The second-order valence-corrected chi connectivity index (χ2v) is 8.92. The molecule has 4 rings (SSSR count). The maximum absolute atomic E-state index is 13.6. The first kappa shape index (κ1) is 28.7. The standard InChI is InChI=1S/C26H35N3O2.2C2H6/c1-5-28-13-12-27(17-21-8-6-7-9-21)11-10-23-16-20(3)25-22(18-29(23)26(28)30)14-19(2)15-24(25)31-4;2*1-2/h6-8,14-16,20H,5,9-13,17-18H2,1-4H3;2*1-2H3. The van der Waals surface area contributed by atoms with Crippen LogP contribution in [0.2, 0.25) is 0 Å². The van der Waals surface area contributed by atoms with Crippen molar-refractivity contribution in [3.8, 4) is 5.75 Å². The molecule has 0 aromatic heterocycles. The van der Waals surface area contributed by atoms with Crippen LogP contribution in [0.4, 0.5) is 4.79 Å². The minimum Gasteiger partial charge on any atom is -0.496 e. The maximum atomic E-state index is 13.6. The number of fused-ring (bicyclic) bond motifs is 2. The van der Waals surface area contributed by atoms with E-state index in [2.05, 4.69) is 62.1 Å². The highest BCUT2D eigenvalue weighted by molar-refractivity contribution is 5.77. The molecule has 35 heavy (non-hydrogen) atoms. The zero-order valence-corrected chi connectivity index (χ0v) is 23.4. The minimum atomic E-state index is 0.123. The molecule has 5 heteroatoms. The summed E-state index contributed by atoms with van der Waals surface area (Å²) in [5.41, 5.74) is 6.16. The lowest BCUT2D eigenvalue weighted by Gasteiger charge is -2.30. The van der Waals surface area contributed by atoms with Crippen LogP contribution < -0.4 is 4.74 Å². The number of ether oxygens (including phenoxy) is 1. The van der Waals surface area contributed by atoms with Gasteiger partial charge in [-0.1, -0.05) is 70.6 Å². The van der Waals surface area contributed by atoms with Gasteiger partial charge in [0.25, 0.3) is 0 Å². The number of carbonyl (C=O) groups is 1. The van der Waals surface area contributed by atoms with E-state index in [9.17, 15) is 4.79 Å². The Labute approximate surface area is 214 Å². The Balaban J connectivity index is 0.00000103.